The lowest BCUT2D eigenvalue weighted by atomic mass is 10.1. The number of aromatic nitrogens is 2. The van der Waals surface area contributed by atoms with Crippen LogP contribution in [0, 0.1) is 5.82 Å². The molecule has 1 saturated heterocycles. The second-order valence-electron chi connectivity index (χ2n) is 6.39. The topological polar surface area (TPSA) is 54.2 Å². The van der Waals surface area contributed by atoms with Gasteiger partial charge in [0.05, 0.1) is 17.8 Å². The van der Waals surface area contributed by atoms with Gasteiger partial charge in [-0.05, 0) is 56.3 Å². The van der Waals surface area contributed by atoms with E-state index in [1.54, 1.807) is 12.3 Å². The van der Waals surface area contributed by atoms with Crippen LogP contribution in [0.3, 0.4) is 0 Å². The molecule has 3 heterocycles. The van der Waals surface area contributed by atoms with Gasteiger partial charge in [0, 0.05) is 11.9 Å². The van der Waals surface area contributed by atoms with Gasteiger partial charge in [0.15, 0.2) is 0 Å². The third-order valence-electron chi connectivity index (χ3n) is 4.76. The maximum absolute atomic E-state index is 13.6. The van der Waals surface area contributed by atoms with Gasteiger partial charge in [0.2, 0.25) is 0 Å². The van der Waals surface area contributed by atoms with Crippen molar-refractivity contribution in [3.63, 3.8) is 0 Å². The number of likely N-dealkylation sites (tertiary alicyclic amines) is 1. The summed E-state index contributed by atoms with van der Waals surface area (Å²) in [5.41, 5.74) is 0.728. The van der Waals surface area contributed by atoms with Gasteiger partial charge < -0.3 is 9.73 Å². The first-order valence-electron chi connectivity index (χ1n) is 8.73. The highest BCUT2D eigenvalue weighted by Gasteiger charge is 2.24. The van der Waals surface area contributed by atoms with E-state index in [-0.39, 0.29) is 11.9 Å². The number of anilines is 1. The van der Waals surface area contributed by atoms with Gasteiger partial charge in [-0.15, -0.1) is 0 Å². The van der Waals surface area contributed by atoms with Crippen LogP contribution in [0.25, 0.3) is 10.9 Å². The number of furan rings is 1. The van der Waals surface area contributed by atoms with Crippen LogP contribution in [0.1, 0.15) is 31.1 Å². The molecule has 1 aromatic carbocycles. The van der Waals surface area contributed by atoms with Crippen LogP contribution < -0.4 is 5.32 Å². The van der Waals surface area contributed by atoms with Crippen LogP contribution in [0.15, 0.2) is 47.3 Å². The molecule has 0 aliphatic carbocycles. The van der Waals surface area contributed by atoms with E-state index in [2.05, 4.69) is 20.2 Å². The molecule has 0 radical (unpaired) electrons. The van der Waals surface area contributed by atoms with Crippen LogP contribution in [-0.2, 0) is 0 Å². The van der Waals surface area contributed by atoms with Gasteiger partial charge in [-0.25, -0.2) is 14.4 Å². The van der Waals surface area contributed by atoms with Crippen LogP contribution in [0.5, 0.6) is 0 Å². The van der Waals surface area contributed by atoms with E-state index in [1.165, 1.54) is 37.7 Å². The second-order valence-corrected chi connectivity index (χ2v) is 6.39. The summed E-state index contributed by atoms with van der Waals surface area (Å²) < 4.78 is 19.3. The molecule has 4 rings (SSSR count). The van der Waals surface area contributed by atoms with Crippen molar-refractivity contribution in [2.24, 2.45) is 0 Å². The lowest BCUT2D eigenvalue weighted by Crippen LogP contribution is -2.37. The summed E-state index contributed by atoms with van der Waals surface area (Å²) in [4.78, 5) is 11.0. The molecule has 3 aromatic rings. The molecular formula is C19H21FN4O. The number of hydrogen-bond donors (Lipinski definition) is 1. The first-order chi connectivity index (χ1) is 12.3. The third-order valence-corrected chi connectivity index (χ3v) is 4.76. The summed E-state index contributed by atoms with van der Waals surface area (Å²) in [6.07, 6.45) is 6.91. The summed E-state index contributed by atoms with van der Waals surface area (Å²) in [5, 5.41) is 4.07. The van der Waals surface area contributed by atoms with Gasteiger partial charge in [-0.1, -0.05) is 6.42 Å². The molecule has 5 nitrogen and oxygen atoms in total. The number of benzene rings is 1. The van der Waals surface area contributed by atoms with E-state index in [9.17, 15) is 4.39 Å². The fraction of sp³-hybridized carbons (Fsp3) is 0.368. The van der Waals surface area contributed by atoms with E-state index < -0.39 is 0 Å². The molecule has 1 unspecified atom stereocenters. The minimum atomic E-state index is -0.288. The molecule has 6 heteroatoms. The van der Waals surface area contributed by atoms with Crippen molar-refractivity contribution in [1.82, 2.24) is 14.9 Å². The van der Waals surface area contributed by atoms with Crippen molar-refractivity contribution in [3.8, 4) is 0 Å². The lowest BCUT2D eigenvalue weighted by Gasteiger charge is -2.33. The highest BCUT2D eigenvalue weighted by Crippen LogP contribution is 2.27. The van der Waals surface area contributed by atoms with E-state index in [0.717, 1.165) is 24.4 Å². The van der Waals surface area contributed by atoms with Crippen molar-refractivity contribution in [2.75, 3.05) is 25.0 Å². The molecule has 1 fully saturated rings. The first-order valence-corrected chi connectivity index (χ1v) is 8.73. The van der Waals surface area contributed by atoms with Crippen molar-refractivity contribution in [1.29, 1.82) is 0 Å². The zero-order chi connectivity index (χ0) is 17.1. The molecule has 2 aromatic heterocycles. The Morgan fingerprint density at radius 3 is 2.84 bits per heavy atom. The minimum absolute atomic E-state index is 0.133. The summed E-state index contributed by atoms with van der Waals surface area (Å²) in [5.74, 6) is 1.31. The molecule has 0 saturated carbocycles. The maximum atomic E-state index is 13.6. The Kier molecular flexibility index (Phi) is 4.61. The number of nitrogens with one attached hydrogen (secondary N) is 1. The number of nitrogens with zero attached hydrogens (tertiary/aromatic N) is 3. The zero-order valence-corrected chi connectivity index (χ0v) is 14.0. The number of hydrogen-bond acceptors (Lipinski definition) is 5. The monoisotopic (exact) mass is 340 g/mol. The van der Waals surface area contributed by atoms with Gasteiger partial charge in [0.1, 0.15) is 23.7 Å². The average molecular weight is 340 g/mol. The number of piperidine rings is 1. The number of fused-ring (bicyclic) bond motifs is 1. The quantitative estimate of drug-likeness (QED) is 0.761. The predicted molar refractivity (Wildman–Crippen MR) is 94.9 cm³/mol. The molecule has 0 amide bonds. The second kappa shape index (κ2) is 7.19. The summed E-state index contributed by atoms with van der Waals surface area (Å²) in [7, 11) is 0. The Morgan fingerprint density at radius 1 is 1.16 bits per heavy atom. The largest absolute Gasteiger partial charge is 0.468 e. The first kappa shape index (κ1) is 16.0. The molecule has 1 atom stereocenters. The zero-order valence-electron chi connectivity index (χ0n) is 14.0. The molecular weight excluding hydrogens is 319 g/mol. The van der Waals surface area contributed by atoms with Crippen LogP contribution in [-0.4, -0.2) is 34.5 Å². The van der Waals surface area contributed by atoms with E-state index in [0.29, 0.717) is 17.7 Å². The normalized spacial score (nSPS) is 16.8. The Hall–Kier alpha value is -2.47. The Bertz CT molecular complexity index is 831. The molecule has 1 aliphatic heterocycles. The predicted octanol–water partition coefficient (Wildman–Crippen LogP) is 4.00. The van der Waals surface area contributed by atoms with E-state index in [4.69, 9.17) is 4.42 Å². The Balaban J connectivity index is 1.58. The SMILES string of the molecule is Fc1ccc2ncnc(NCC(c3ccco3)N3CCCCC3)c2c1. The van der Waals surface area contributed by atoms with Crippen molar-refractivity contribution < 1.29 is 8.81 Å². The summed E-state index contributed by atoms with van der Waals surface area (Å²) in [6.45, 7) is 2.77. The van der Waals surface area contributed by atoms with Crippen LogP contribution in [0.2, 0.25) is 0 Å². The molecule has 130 valence electrons. The van der Waals surface area contributed by atoms with Gasteiger partial charge in [-0.3, -0.25) is 4.90 Å². The molecule has 1 N–H and O–H groups in total. The third kappa shape index (κ3) is 3.49. The fourth-order valence-electron chi connectivity index (χ4n) is 3.48. The molecule has 25 heavy (non-hydrogen) atoms. The number of halogens is 1. The summed E-state index contributed by atoms with van der Waals surface area (Å²) >= 11 is 0. The summed E-state index contributed by atoms with van der Waals surface area (Å²) in [6, 6.07) is 8.62. The highest BCUT2D eigenvalue weighted by atomic mass is 19.1. The van der Waals surface area contributed by atoms with Gasteiger partial charge >= 0.3 is 0 Å². The van der Waals surface area contributed by atoms with Crippen LogP contribution in [0.4, 0.5) is 10.2 Å². The van der Waals surface area contributed by atoms with E-state index in [1.807, 2.05) is 12.1 Å². The molecule has 0 spiro atoms. The van der Waals surface area contributed by atoms with Gasteiger partial charge in [0.25, 0.3) is 0 Å². The van der Waals surface area contributed by atoms with Crippen molar-refractivity contribution in [3.05, 3.63) is 54.5 Å². The van der Waals surface area contributed by atoms with E-state index >= 15 is 0 Å². The molecule has 0 bridgehead atoms. The van der Waals surface area contributed by atoms with Crippen LogP contribution >= 0.6 is 0 Å². The average Bonchev–Trinajstić information content (AvgIpc) is 3.17. The maximum Gasteiger partial charge on any atom is 0.137 e. The smallest absolute Gasteiger partial charge is 0.137 e. The fourth-order valence-corrected chi connectivity index (χ4v) is 3.48. The minimum Gasteiger partial charge on any atom is -0.468 e. The number of rotatable bonds is 5. The Labute approximate surface area is 145 Å². The van der Waals surface area contributed by atoms with Crippen molar-refractivity contribution >= 4 is 16.7 Å². The molecule has 1 aliphatic rings. The lowest BCUT2D eigenvalue weighted by molar-refractivity contribution is 0.153. The standard InChI is InChI=1S/C19H21FN4O/c20-14-6-7-16-15(11-14)19(23-13-22-16)21-12-17(18-5-4-10-25-18)24-8-2-1-3-9-24/h4-7,10-11,13,17H,1-3,8-9,12H2,(H,21,22,23). The van der Waals surface area contributed by atoms with Crippen molar-refractivity contribution in [2.45, 2.75) is 25.3 Å². The Morgan fingerprint density at radius 2 is 2.04 bits per heavy atom. The van der Waals surface area contributed by atoms with Gasteiger partial charge in [-0.2, -0.15) is 0 Å². The highest BCUT2D eigenvalue weighted by molar-refractivity contribution is 5.88.